The first-order valence-corrected chi connectivity index (χ1v) is 6.25. The summed E-state index contributed by atoms with van der Waals surface area (Å²) in [5.41, 5.74) is 5.66. The Bertz CT molecular complexity index is 188. The zero-order chi connectivity index (χ0) is 11.1. The third-order valence-corrected chi connectivity index (χ3v) is 3.30. The maximum absolute atomic E-state index is 11.7. The Morgan fingerprint density at radius 1 is 1.47 bits per heavy atom. The van der Waals surface area contributed by atoms with Crippen molar-refractivity contribution in [3.63, 3.8) is 0 Å². The first kappa shape index (κ1) is 12.5. The second-order valence-electron chi connectivity index (χ2n) is 4.61. The summed E-state index contributed by atoms with van der Waals surface area (Å²) in [5.74, 6) is 0.942. The number of hydrogen-bond donors (Lipinski definition) is 2. The summed E-state index contributed by atoms with van der Waals surface area (Å²) < 4.78 is 0. The Morgan fingerprint density at radius 2 is 2.13 bits per heavy atom. The lowest BCUT2D eigenvalue weighted by atomic mass is 9.92. The summed E-state index contributed by atoms with van der Waals surface area (Å²) in [4.78, 5) is 11.7. The predicted octanol–water partition coefficient (Wildman–Crippen LogP) is 1.67. The van der Waals surface area contributed by atoms with Gasteiger partial charge in [0, 0.05) is 13.1 Å². The summed E-state index contributed by atoms with van der Waals surface area (Å²) in [6.07, 6.45) is 7.23. The molecule has 3 nitrogen and oxygen atoms in total. The molecule has 1 fully saturated rings. The standard InChI is InChI=1S/C12H24N2O/c1-2-7-14-12(15)11(9-13)8-10-5-3-4-6-10/h10-11H,2-9,13H2,1H3,(H,14,15). The highest BCUT2D eigenvalue weighted by Crippen LogP contribution is 2.30. The molecule has 1 aliphatic carbocycles. The van der Waals surface area contributed by atoms with E-state index in [0.717, 1.165) is 25.3 Å². The summed E-state index contributed by atoms with van der Waals surface area (Å²) in [6.45, 7) is 3.33. The highest BCUT2D eigenvalue weighted by Gasteiger charge is 2.23. The maximum atomic E-state index is 11.7. The molecule has 0 spiro atoms. The molecule has 3 N–H and O–H groups in total. The van der Waals surface area contributed by atoms with Crippen LogP contribution in [-0.4, -0.2) is 19.0 Å². The molecule has 88 valence electrons. The average Bonchev–Trinajstić information content (AvgIpc) is 2.75. The fraction of sp³-hybridized carbons (Fsp3) is 0.917. The van der Waals surface area contributed by atoms with Crippen LogP contribution in [0.15, 0.2) is 0 Å². The van der Waals surface area contributed by atoms with Crippen LogP contribution in [0.3, 0.4) is 0 Å². The quantitative estimate of drug-likeness (QED) is 0.703. The molecule has 3 heteroatoms. The van der Waals surface area contributed by atoms with Crippen molar-refractivity contribution in [1.29, 1.82) is 0 Å². The number of carbonyl (C=O) groups is 1. The van der Waals surface area contributed by atoms with Crippen LogP contribution in [-0.2, 0) is 4.79 Å². The molecule has 1 saturated carbocycles. The van der Waals surface area contributed by atoms with Crippen molar-refractivity contribution in [3.05, 3.63) is 0 Å². The van der Waals surface area contributed by atoms with E-state index in [1.54, 1.807) is 0 Å². The van der Waals surface area contributed by atoms with Gasteiger partial charge in [0.1, 0.15) is 0 Å². The fourth-order valence-corrected chi connectivity index (χ4v) is 2.35. The summed E-state index contributed by atoms with van der Waals surface area (Å²) in [7, 11) is 0. The van der Waals surface area contributed by atoms with Crippen LogP contribution in [0.5, 0.6) is 0 Å². The zero-order valence-electron chi connectivity index (χ0n) is 9.80. The first-order chi connectivity index (χ1) is 7.27. The number of amides is 1. The van der Waals surface area contributed by atoms with Gasteiger partial charge in [-0.1, -0.05) is 32.6 Å². The van der Waals surface area contributed by atoms with Crippen LogP contribution in [0.1, 0.15) is 45.4 Å². The van der Waals surface area contributed by atoms with E-state index < -0.39 is 0 Å². The van der Waals surface area contributed by atoms with Gasteiger partial charge < -0.3 is 11.1 Å². The molecule has 15 heavy (non-hydrogen) atoms. The molecule has 0 heterocycles. The number of nitrogens with one attached hydrogen (secondary N) is 1. The zero-order valence-corrected chi connectivity index (χ0v) is 9.80. The minimum Gasteiger partial charge on any atom is -0.356 e. The number of rotatable bonds is 6. The highest BCUT2D eigenvalue weighted by atomic mass is 16.1. The third-order valence-electron chi connectivity index (χ3n) is 3.30. The van der Waals surface area contributed by atoms with E-state index in [4.69, 9.17) is 5.73 Å². The van der Waals surface area contributed by atoms with Gasteiger partial charge in [-0.15, -0.1) is 0 Å². The molecule has 1 rings (SSSR count). The number of hydrogen-bond acceptors (Lipinski definition) is 2. The minimum atomic E-state index is 0.0413. The summed E-state index contributed by atoms with van der Waals surface area (Å²) >= 11 is 0. The van der Waals surface area contributed by atoms with Gasteiger partial charge >= 0.3 is 0 Å². The molecular formula is C12H24N2O. The second kappa shape index (κ2) is 6.83. The third kappa shape index (κ3) is 4.20. The minimum absolute atomic E-state index is 0.0413. The van der Waals surface area contributed by atoms with E-state index >= 15 is 0 Å². The SMILES string of the molecule is CCCNC(=O)C(CN)CC1CCCC1. The Hall–Kier alpha value is -0.570. The largest absolute Gasteiger partial charge is 0.356 e. The predicted molar refractivity (Wildman–Crippen MR) is 62.4 cm³/mol. The first-order valence-electron chi connectivity index (χ1n) is 6.25. The molecular weight excluding hydrogens is 188 g/mol. The smallest absolute Gasteiger partial charge is 0.224 e. The van der Waals surface area contributed by atoms with E-state index in [1.807, 2.05) is 0 Å². The molecule has 0 bridgehead atoms. The molecule has 0 aromatic carbocycles. The van der Waals surface area contributed by atoms with Gasteiger partial charge in [0.25, 0.3) is 0 Å². The van der Waals surface area contributed by atoms with Gasteiger partial charge in [-0.05, 0) is 18.8 Å². The van der Waals surface area contributed by atoms with E-state index in [0.29, 0.717) is 6.54 Å². The van der Waals surface area contributed by atoms with Crippen LogP contribution < -0.4 is 11.1 Å². The molecule has 0 aliphatic heterocycles. The maximum Gasteiger partial charge on any atom is 0.224 e. The van der Waals surface area contributed by atoms with E-state index in [-0.39, 0.29) is 11.8 Å². The lowest BCUT2D eigenvalue weighted by molar-refractivity contribution is -0.125. The number of carbonyl (C=O) groups excluding carboxylic acids is 1. The van der Waals surface area contributed by atoms with Crippen molar-refractivity contribution in [3.8, 4) is 0 Å². The Morgan fingerprint density at radius 3 is 2.67 bits per heavy atom. The van der Waals surface area contributed by atoms with Crippen molar-refractivity contribution in [2.75, 3.05) is 13.1 Å². The van der Waals surface area contributed by atoms with Crippen LogP contribution >= 0.6 is 0 Å². The van der Waals surface area contributed by atoms with Crippen molar-refractivity contribution in [2.45, 2.75) is 45.4 Å². The monoisotopic (exact) mass is 212 g/mol. The molecule has 1 unspecified atom stereocenters. The lowest BCUT2D eigenvalue weighted by Crippen LogP contribution is -2.36. The van der Waals surface area contributed by atoms with Crippen LogP contribution in [0, 0.1) is 11.8 Å². The van der Waals surface area contributed by atoms with Crippen LogP contribution in [0.25, 0.3) is 0 Å². The van der Waals surface area contributed by atoms with Gasteiger partial charge in [0.15, 0.2) is 0 Å². The normalized spacial score (nSPS) is 19.1. The van der Waals surface area contributed by atoms with Crippen LogP contribution in [0.2, 0.25) is 0 Å². The molecule has 1 aliphatic rings. The highest BCUT2D eigenvalue weighted by molar-refractivity contribution is 5.78. The molecule has 0 saturated heterocycles. The van der Waals surface area contributed by atoms with Gasteiger partial charge in [-0.3, -0.25) is 4.79 Å². The van der Waals surface area contributed by atoms with Gasteiger partial charge in [-0.25, -0.2) is 0 Å². The summed E-state index contributed by atoms with van der Waals surface area (Å²) in [6, 6.07) is 0. The molecule has 0 aromatic rings. The molecule has 1 atom stereocenters. The lowest BCUT2D eigenvalue weighted by Gasteiger charge is -2.18. The van der Waals surface area contributed by atoms with E-state index in [1.165, 1.54) is 25.7 Å². The Balaban J connectivity index is 2.29. The molecule has 0 radical (unpaired) electrons. The summed E-state index contributed by atoms with van der Waals surface area (Å²) in [5, 5.41) is 2.94. The van der Waals surface area contributed by atoms with Gasteiger partial charge in [0.05, 0.1) is 5.92 Å². The van der Waals surface area contributed by atoms with E-state index in [2.05, 4.69) is 12.2 Å². The van der Waals surface area contributed by atoms with Gasteiger partial charge in [0.2, 0.25) is 5.91 Å². The topological polar surface area (TPSA) is 55.1 Å². The van der Waals surface area contributed by atoms with Crippen molar-refractivity contribution >= 4 is 5.91 Å². The van der Waals surface area contributed by atoms with Crippen LogP contribution in [0.4, 0.5) is 0 Å². The van der Waals surface area contributed by atoms with Crippen molar-refractivity contribution in [1.82, 2.24) is 5.32 Å². The Kier molecular flexibility index (Phi) is 5.69. The second-order valence-corrected chi connectivity index (χ2v) is 4.61. The van der Waals surface area contributed by atoms with Crippen molar-refractivity contribution in [2.24, 2.45) is 17.6 Å². The van der Waals surface area contributed by atoms with Gasteiger partial charge in [-0.2, -0.15) is 0 Å². The fourth-order valence-electron chi connectivity index (χ4n) is 2.35. The van der Waals surface area contributed by atoms with Crippen molar-refractivity contribution < 1.29 is 4.79 Å². The average molecular weight is 212 g/mol. The molecule has 1 amide bonds. The number of nitrogens with two attached hydrogens (primary N) is 1. The van der Waals surface area contributed by atoms with E-state index in [9.17, 15) is 4.79 Å². The Labute approximate surface area is 92.8 Å². The molecule has 0 aromatic heterocycles.